The SMILES string of the molecule is c1ccc(-c2ccc(N(c3ccc(-c4cc(-c5ccccc5)c5ccccc5c4)cc3)c3cccc4oc5ccccc5c34)cc2)cc1. The molecule has 226 valence electrons. The molecule has 0 unspecified atom stereocenters. The summed E-state index contributed by atoms with van der Waals surface area (Å²) in [4.78, 5) is 2.35. The van der Waals surface area contributed by atoms with Crippen molar-refractivity contribution < 1.29 is 4.42 Å². The van der Waals surface area contributed by atoms with Gasteiger partial charge in [0.15, 0.2) is 0 Å². The molecule has 0 saturated heterocycles. The maximum Gasteiger partial charge on any atom is 0.137 e. The monoisotopic (exact) mass is 613 g/mol. The Morgan fingerprint density at radius 1 is 0.354 bits per heavy atom. The minimum absolute atomic E-state index is 0.876. The van der Waals surface area contributed by atoms with Gasteiger partial charge in [0.2, 0.25) is 0 Å². The topological polar surface area (TPSA) is 16.4 Å². The van der Waals surface area contributed by atoms with Crippen LogP contribution in [0.5, 0.6) is 0 Å². The number of para-hydroxylation sites is 1. The fraction of sp³-hybridized carbons (Fsp3) is 0. The highest BCUT2D eigenvalue weighted by atomic mass is 16.3. The summed E-state index contributed by atoms with van der Waals surface area (Å²) < 4.78 is 6.33. The van der Waals surface area contributed by atoms with Crippen LogP contribution in [0.4, 0.5) is 17.1 Å². The van der Waals surface area contributed by atoms with E-state index in [2.05, 4.69) is 181 Å². The molecule has 0 bridgehead atoms. The van der Waals surface area contributed by atoms with Gasteiger partial charge in [-0.15, -0.1) is 0 Å². The van der Waals surface area contributed by atoms with Crippen LogP contribution < -0.4 is 4.90 Å². The van der Waals surface area contributed by atoms with E-state index in [0.717, 1.165) is 39.0 Å². The molecule has 9 rings (SSSR count). The molecule has 9 aromatic rings. The number of rotatable bonds is 6. The molecule has 8 aromatic carbocycles. The summed E-state index contributed by atoms with van der Waals surface area (Å²) in [5, 5.41) is 4.70. The smallest absolute Gasteiger partial charge is 0.137 e. The number of hydrogen-bond acceptors (Lipinski definition) is 2. The summed E-state index contributed by atoms with van der Waals surface area (Å²) in [6, 6.07) is 66.9. The van der Waals surface area contributed by atoms with Gasteiger partial charge in [0.25, 0.3) is 0 Å². The van der Waals surface area contributed by atoms with Gasteiger partial charge in [-0.05, 0) is 98.8 Å². The number of nitrogens with zero attached hydrogens (tertiary/aromatic N) is 1. The average Bonchev–Trinajstić information content (AvgIpc) is 3.55. The Labute approximate surface area is 279 Å². The van der Waals surface area contributed by atoms with Crippen molar-refractivity contribution >= 4 is 49.8 Å². The molecule has 1 heterocycles. The fourth-order valence-electron chi connectivity index (χ4n) is 6.94. The van der Waals surface area contributed by atoms with E-state index in [1.165, 1.54) is 44.2 Å². The van der Waals surface area contributed by atoms with Crippen LogP contribution in [0.15, 0.2) is 192 Å². The second-order valence-electron chi connectivity index (χ2n) is 12.2. The van der Waals surface area contributed by atoms with Gasteiger partial charge in [-0.2, -0.15) is 0 Å². The van der Waals surface area contributed by atoms with Gasteiger partial charge < -0.3 is 9.32 Å². The van der Waals surface area contributed by atoms with E-state index >= 15 is 0 Å². The second kappa shape index (κ2) is 11.8. The number of fused-ring (bicyclic) bond motifs is 4. The quantitative estimate of drug-likeness (QED) is 0.185. The van der Waals surface area contributed by atoms with Crippen LogP contribution in [-0.2, 0) is 0 Å². The van der Waals surface area contributed by atoms with Crippen molar-refractivity contribution in [3.63, 3.8) is 0 Å². The number of anilines is 3. The summed E-state index contributed by atoms with van der Waals surface area (Å²) in [6.45, 7) is 0. The number of benzene rings is 8. The molecule has 0 aliphatic heterocycles. The highest BCUT2D eigenvalue weighted by Crippen LogP contribution is 2.44. The van der Waals surface area contributed by atoms with Gasteiger partial charge in [-0.3, -0.25) is 0 Å². The van der Waals surface area contributed by atoms with Crippen molar-refractivity contribution in [2.24, 2.45) is 0 Å². The Bertz CT molecular complexity index is 2530. The van der Waals surface area contributed by atoms with Crippen molar-refractivity contribution in [3.8, 4) is 33.4 Å². The Hall–Kier alpha value is -6.38. The zero-order chi connectivity index (χ0) is 31.9. The van der Waals surface area contributed by atoms with Gasteiger partial charge in [-0.25, -0.2) is 0 Å². The molecule has 0 N–H and O–H groups in total. The van der Waals surface area contributed by atoms with Crippen LogP contribution in [0.3, 0.4) is 0 Å². The molecule has 0 fully saturated rings. The lowest BCUT2D eigenvalue weighted by atomic mass is 9.93. The predicted molar refractivity (Wildman–Crippen MR) is 202 cm³/mol. The molecule has 0 aliphatic rings. The number of furan rings is 1. The van der Waals surface area contributed by atoms with E-state index in [4.69, 9.17) is 4.42 Å². The van der Waals surface area contributed by atoms with Crippen molar-refractivity contribution in [2.45, 2.75) is 0 Å². The third-order valence-electron chi connectivity index (χ3n) is 9.26. The van der Waals surface area contributed by atoms with Crippen molar-refractivity contribution in [3.05, 3.63) is 188 Å². The molecule has 0 atom stereocenters. The normalized spacial score (nSPS) is 11.3. The van der Waals surface area contributed by atoms with E-state index in [9.17, 15) is 0 Å². The minimum atomic E-state index is 0.876. The zero-order valence-electron chi connectivity index (χ0n) is 26.3. The Morgan fingerprint density at radius 3 is 1.60 bits per heavy atom. The van der Waals surface area contributed by atoms with E-state index in [1.54, 1.807) is 0 Å². The van der Waals surface area contributed by atoms with Crippen LogP contribution >= 0.6 is 0 Å². The molecular formula is C46H31NO. The molecule has 1 aromatic heterocycles. The van der Waals surface area contributed by atoms with Crippen LogP contribution in [0.1, 0.15) is 0 Å². The van der Waals surface area contributed by atoms with Crippen LogP contribution in [-0.4, -0.2) is 0 Å². The third kappa shape index (κ3) is 4.92. The molecule has 0 aliphatic carbocycles. The highest BCUT2D eigenvalue weighted by molar-refractivity contribution is 6.13. The summed E-state index contributed by atoms with van der Waals surface area (Å²) in [5.74, 6) is 0. The number of hydrogen-bond donors (Lipinski definition) is 0. The van der Waals surface area contributed by atoms with E-state index in [0.29, 0.717) is 0 Å². The minimum Gasteiger partial charge on any atom is -0.456 e. The zero-order valence-corrected chi connectivity index (χ0v) is 26.3. The van der Waals surface area contributed by atoms with Gasteiger partial charge >= 0.3 is 0 Å². The standard InChI is InChI=1S/C46H31NO/c1-3-12-32(13-4-1)33-22-26-38(27-23-33)47(43-19-11-21-45-46(43)41-18-9-10-20-44(41)48-45)39-28-24-34(25-29-39)37-30-36-16-7-8-17-40(36)42(31-37)35-14-5-2-6-15-35/h1-31H. The Morgan fingerprint density at radius 2 is 0.896 bits per heavy atom. The van der Waals surface area contributed by atoms with E-state index < -0.39 is 0 Å². The predicted octanol–water partition coefficient (Wildman–Crippen LogP) is 13.2. The summed E-state index contributed by atoms with van der Waals surface area (Å²) in [6.07, 6.45) is 0. The molecule has 0 saturated carbocycles. The molecule has 48 heavy (non-hydrogen) atoms. The van der Waals surface area contributed by atoms with Gasteiger partial charge in [-0.1, -0.05) is 133 Å². The summed E-state index contributed by atoms with van der Waals surface area (Å²) >= 11 is 0. The van der Waals surface area contributed by atoms with Gasteiger partial charge in [0, 0.05) is 16.8 Å². The van der Waals surface area contributed by atoms with E-state index in [1.807, 2.05) is 12.1 Å². The van der Waals surface area contributed by atoms with Crippen molar-refractivity contribution in [2.75, 3.05) is 4.90 Å². The maximum atomic E-state index is 6.33. The van der Waals surface area contributed by atoms with E-state index in [-0.39, 0.29) is 0 Å². The van der Waals surface area contributed by atoms with Crippen LogP contribution in [0.25, 0.3) is 66.1 Å². The van der Waals surface area contributed by atoms with Gasteiger partial charge in [0.05, 0.1) is 11.1 Å². The molecule has 2 nitrogen and oxygen atoms in total. The lowest BCUT2D eigenvalue weighted by Gasteiger charge is -2.26. The fourth-order valence-corrected chi connectivity index (χ4v) is 6.94. The molecule has 0 spiro atoms. The first-order chi connectivity index (χ1) is 23.8. The Balaban J connectivity index is 1.19. The molecule has 0 amide bonds. The lowest BCUT2D eigenvalue weighted by Crippen LogP contribution is -2.10. The second-order valence-corrected chi connectivity index (χ2v) is 12.2. The van der Waals surface area contributed by atoms with Crippen LogP contribution in [0.2, 0.25) is 0 Å². The first-order valence-corrected chi connectivity index (χ1v) is 16.3. The largest absolute Gasteiger partial charge is 0.456 e. The van der Waals surface area contributed by atoms with Gasteiger partial charge in [0.1, 0.15) is 11.2 Å². The van der Waals surface area contributed by atoms with Crippen molar-refractivity contribution in [1.82, 2.24) is 0 Å². The van der Waals surface area contributed by atoms with Crippen molar-refractivity contribution in [1.29, 1.82) is 0 Å². The molecular weight excluding hydrogens is 583 g/mol. The third-order valence-corrected chi connectivity index (χ3v) is 9.26. The first-order valence-electron chi connectivity index (χ1n) is 16.3. The Kier molecular flexibility index (Phi) is 6.84. The average molecular weight is 614 g/mol. The van der Waals surface area contributed by atoms with Crippen LogP contribution in [0, 0.1) is 0 Å². The highest BCUT2D eigenvalue weighted by Gasteiger charge is 2.19. The maximum absolute atomic E-state index is 6.33. The summed E-state index contributed by atoms with van der Waals surface area (Å²) in [5.41, 5.74) is 12.2. The first kappa shape index (κ1) is 27.9. The molecule has 2 heteroatoms. The lowest BCUT2D eigenvalue weighted by molar-refractivity contribution is 0.669. The summed E-state index contributed by atoms with van der Waals surface area (Å²) in [7, 11) is 0. The molecule has 0 radical (unpaired) electrons.